The smallest absolute Gasteiger partial charge is 0.277 e. The van der Waals surface area contributed by atoms with Crippen LogP contribution in [-0.4, -0.2) is 23.8 Å². The molecule has 0 aliphatic heterocycles. The Morgan fingerprint density at radius 1 is 1.27 bits per heavy atom. The number of hydrazone groups is 1. The summed E-state index contributed by atoms with van der Waals surface area (Å²) < 4.78 is 5.43. The first-order valence-electron chi connectivity index (χ1n) is 8.47. The Labute approximate surface area is 154 Å². The summed E-state index contributed by atoms with van der Waals surface area (Å²) in [7, 11) is 0. The van der Waals surface area contributed by atoms with Gasteiger partial charge in [0.05, 0.1) is 6.21 Å². The number of benzene rings is 2. The number of para-hydroxylation sites is 1. The van der Waals surface area contributed by atoms with Gasteiger partial charge in [0.2, 0.25) is 0 Å². The molecular weight excluding hydrogens is 328 g/mol. The minimum atomic E-state index is -0.379. The molecule has 136 valence electrons. The number of amides is 1. The van der Waals surface area contributed by atoms with Crippen molar-refractivity contribution in [2.24, 2.45) is 5.10 Å². The van der Waals surface area contributed by atoms with E-state index in [1.807, 2.05) is 36.4 Å². The van der Waals surface area contributed by atoms with Gasteiger partial charge in [0.25, 0.3) is 5.91 Å². The first kappa shape index (κ1) is 19.2. The third-order valence-electron chi connectivity index (χ3n) is 3.82. The van der Waals surface area contributed by atoms with E-state index in [-0.39, 0.29) is 18.3 Å². The van der Waals surface area contributed by atoms with Gasteiger partial charge in [-0.2, -0.15) is 5.10 Å². The predicted molar refractivity (Wildman–Crippen MR) is 104 cm³/mol. The molecule has 0 aliphatic carbocycles. The first-order valence-corrected chi connectivity index (χ1v) is 8.47. The molecule has 0 aliphatic rings. The number of nitrogens with one attached hydrogen (secondary N) is 1. The minimum absolute atomic E-state index is 0.131. The molecule has 0 atom stereocenters. The standard InChI is InChI=1S/C21H24N2O3/c1-4-6-17-7-5-8-18(21(17)25)13-22-23-20(24)14-26-19-11-9-16(10-12-19)15(2)3/h4-5,7-13,15,25H,1,6,14H2,2-3H3,(H,23,24)/b22-13+. The molecule has 0 saturated carbocycles. The molecule has 2 aromatic rings. The Balaban J connectivity index is 1.86. The third-order valence-corrected chi connectivity index (χ3v) is 3.82. The maximum absolute atomic E-state index is 11.8. The second kappa shape index (κ2) is 9.42. The lowest BCUT2D eigenvalue weighted by Gasteiger charge is -2.08. The van der Waals surface area contributed by atoms with Crippen LogP contribution in [0.3, 0.4) is 0 Å². The summed E-state index contributed by atoms with van der Waals surface area (Å²) in [4.78, 5) is 11.8. The van der Waals surface area contributed by atoms with Gasteiger partial charge in [-0.1, -0.05) is 44.2 Å². The summed E-state index contributed by atoms with van der Waals surface area (Å²) in [5.74, 6) is 0.828. The van der Waals surface area contributed by atoms with Gasteiger partial charge in [0.1, 0.15) is 11.5 Å². The van der Waals surface area contributed by atoms with E-state index in [0.717, 1.165) is 5.56 Å². The molecule has 0 unspecified atom stereocenters. The van der Waals surface area contributed by atoms with Crippen LogP contribution < -0.4 is 10.2 Å². The van der Waals surface area contributed by atoms with Crippen LogP contribution in [0.25, 0.3) is 0 Å². The van der Waals surface area contributed by atoms with Crippen LogP contribution in [0.15, 0.2) is 60.2 Å². The average molecular weight is 352 g/mol. The van der Waals surface area contributed by atoms with Gasteiger partial charge in [-0.3, -0.25) is 4.79 Å². The Bertz CT molecular complexity index is 780. The summed E-state index contributed by atoms with van der Waals surface area (Å²) in [6, 6.07) is 13.0. The molecule has 5 heteroatoms. The SMILES string of the molecule is C=CCc1cccc(/C=N/NC(=O)COc2ccc(C(C)C)cc2)c1O. The summed E-state index contributed by atoms with van der Waals surface area (Å²) in [6.45, 7) is 7.75. The molecular formula is C21H24N2O3. The Hall–Kier alpha value is -3.08. The van der Waals surface area contributed by atoms with Crippen molar-refractivity contribution in [2.45, 2.75) is 26.2 Å². The molecule has 5 nitrogen and oxygen atoms in total. The van der Waals surface area contributed by atoms with Crippen molar-refractivity contribution in [3.63, 3.8) is 0 Å². The van der Waals surface area contributed by atoms with Crippen molar-refractivity contribution < 1.29 is 14.6 Å². The molecule has 0 fully saturated rings. The van der Waals surface area contributed by atoms with E-state index in [1.165, 1.54) is 11.8 Å². The van der Waals surface area contributed by atoms with Crippen LogP contribution >= 0.6 is 0 Å². The molecule has 26 heavy (non-hydrogen) atoms. The zero-order chi connectivity index (χ0) is 18.9. The van der Waals surface area contributed by atoms with Crippen LogP contribution in [0.5, 0.6) is 11.5 Å². The normalized spacial score (nSPS) is 10.9. The largest absolute Gasteiger partial charge is 0.507 e. The van der Waals surface area contributed by atoms with Gasteiger partial charge in [0, 0.05) is 5.56 Å². The van der Waals surface area contributed by atoms with E-state index in [1.54, 1.807) is 12.1 Å². The summed E-state index contributed by atoms with van der Waals surface area (Å²) in [5, 5.41) is 14.0. The molecule has 0 spiro atoms. The predicted octanol–water partition coefficient (Wildman–Crippen LogP) is 3.77. The Kier molecular flexibility index (Phi) is 6.97. The fourth-order valence-corrected chi connectivity index (χ4v) is 2.34. The number of ether oxygens (including phenoxy) is 1. The van der Waals surface area contributed by atoms with E-state index >= 15 is 0 Å². The zero-order valence-electron chi connectivity index (χ0n) is 15.1. The van der Waals surface area contributed by atoms with Crippen molar-refractivity contribution in [1.29, 1.82) is 0 Å². The molecule has 2 aromatic carbocycles. The van der Waals surface area contributed by atoms with Gasteiger partial charge in [-0.25, -0.2) is 5.43 Å². The van der Waals surface area contributed by atoms with E-state index in [9.17, 15) is 9.90 Å². The van der Waals surface area contributed by atoms with Crippen molar-refractivity contribution >= 4 is 12.1 Å². The van der Waals surface area contributed by atoms with Crippen molar-refractivity contribution in [2.75, 3.05) is 6.61 Å². The highest BCUT2D eigenvalue weighted by molar-refractivity contribution is 5.86. The average Bonchev–Trinajstić information content (AvgIpc) is 2.63. The summed E-state index contributed by atoms with van der Waals surface area (Å²) in [5.41, 5.74) is 4.87. The van der Waals surface area contributed by atoms with Gasteiger partial charge >= 0.3 is 0 Å². The monoisotopic (exact) mass is 352 g/mol. The molecule has 2 rings (SSSR count). The lowest BCUT2D eigenvalue weighted by atomic mass is 10.0. The van der Waals surface area contributed by atoms with E-state index < -0.39 is 0 Å². The van der Waals surface area contributed by atoms with Crippen LogP contribution in [0.2, 0.25) is 0 Å². The van der Waals surface area contributed by atoms with Gasteiger partial charge in [0.15, 0.2) is 6.61 Å². The number of phenols is 1. The number of nitrogens with zero attached hydrogens (tertiary/aromatic N) is 1. The number of rotatable bonds is 8. The second-order valence-corrected chi connectivity index (χ2v) is 6.15. The fourth-order valence-electron chi connectivity index (χ4n) is 2.34. The van der Waals surface area contributed by atoms with E-state index in [2.05, 4.69) is 31.0 Å². The third kappa shape index (κ3) is 5.48. The number of carbonyl (C=O) groups excluding carboxylic acids is 1. The van der Waals surface area contributed by atoms with Crippen molar-refractivity contribution in [1.82, 2.24) is 5.43 Å². The van der Waals surface area contributed by atoms with Gasteiger partial charge in [-0.05, 0) is 41.7 Å². The lowest BCUT2D eigenvalue weighted by molar-refractivity contribution is -0.123. The Morgan fingerprint density at radius 2 is 2.00 bits per heavy atom. The summed E-state index contributed by atoms with van der Waals surface area (Å²) >= 11 is 0. The molecule has 0 aromatic heterocycles. The summed E-state index contributed by atoms with van der Waals surface area (Å²) in [6.07, 6.45) is 3.67. The maximum atomic E-state index is 11.8. The number of hydrogen-bond acceptors (Lipinski definition) is 4. The van der Waals surface area contributed by atoms with Crippen LogP contribution in [0.4, 0.5) is 0 Å². The van der Waals surface area contributed by atoms with Gasteiger partial charge < -0.3 is 9.84 Å². The topological polar surface area (TPSA) is 70.9 Å². The molecule has 0 radical (unpaired) electrons. The molecule has 0 heterocycles. The molecule has 2 N–H and O–H groups in total. The fraction of sp³-hybridized carbons (Fsp3) is 0.238. The quantitative estimate of drug-likeness (QED) is 0.431. The van der Waals surface area contributed by atoms with Crippen LogP contribution in [-0.2, 0) is 11.2 Å². The second-order valence-electron chi connectivity index (χ2n) is 6.15. The minimum Gasteiger partial charge on any atom is -0.507 e. The number of aromatic hydroxyl groups is 1. The number of allylic oxidation sites excluding steroid dienone is 1. The first-order chi connectivity index (χ1) is 12.5. The van der Waals surface area contributed by atoms with E-state index in [4.69, 9.17) is 4.74 Å². The Morgan fingerprint density at radius 3 is 2.65 bits per heavy atom. The highest BCUT2D eigenvalue weighted by atomic mass is 16.5. The number of phenolic OH excluding ortho intramolecular Hbond substituents is 1. The molecule has 1 amide bonds. The van der Waals surface area contributed by atoms with Crippen molar-refractivity contribution in [3.8, 4) is 11.5 Å². The maximum Gasteiger partial charge on any atom is 0.277 e. The molecule has 0 saturated heterocycles. The number of carbonyl (C=O) groups is 1. The lowest BCUT2D eigenvalue weighted by Crippen LogP contribution is -2.24. The van der Waals surface area contributed by atoms with E-state index in [0.29, 0.717) is 23.7 Å². The highest BCUT2D eigenvalue weighted by Crippen LogP contribution is 2.21. The molecule has 0 bridgehead atoms. The van der Waals surface area contributed by atoms with Crippen molar-refractivity contribution in [3.05, 3.63) is 71.8 Å². The van der Waals surface area contributed by atoms with Crippen LogP contribution in [0.1, 0.15) is 36.5 Å². The van der Waals surface area contributed by atoms with Gasteiger partial charge in [-0.15, -0.1) is 6.58 Å². The highest BCUT2D eigenvalue weighted by Gasteiger charge is 2.05. The zero-order valence-corrected chi connectivity index (χ0v) is 15.1. The number of hydrogen-bond donors (Lipinski definition) is 2. The van der Waals surface area contributed by atoms with Crippen LogP contribution in [0, 0.1) is 0 Å².